The minimum Gasteiger partial charge on any atom is -0.493 e. The molecule has 8 heteroatoms. The van der Waals surface area contributed by atoms with Gasteiger partial charge in [-0.2, -0.15) is 4.98 Å². The van der Waals surface area contributed by atoms with E-state index in [0.29, 0.717) is 17.7 Å². The first-order valence-corrected chi connectivity index (χ1v) is 10.6. The molecule has 0 spiro atoms. The first-order chi connectivity index (χ1) is 13.5. The van der Waals surface area contributed by atoms with Gasteiger partial charge in [0.1, 0.15) is 5.56 Å². The van der Waals surface area contributed by atoms with E-state index in [1.165, 1.54) is 0 Å². The normalized spacial score (nSPS) is 11.8. The summed E-state index contributed by atoms with van der Waals surface area (Å²) in [5.41, 5.74) is 0.942. The van der Waals surface area contributed by atoms with Crippen molar-refractivity contribution in [2.45, 2.75) is 23.8 Å². The molecule has 3 aromatic rings. The second-order valence-corrected chi connectivity index (χ2v) is 8.38. The van der Waals surface area contributed by atoms with Gasteiger partial charge in [0, 0.05) is 9.26 Å². The molecule has 0 aliphatic carbocycles. The van der Waals surface area contributed by atoms with E-state index < -0.39 is 10.8 Å². The van der Waals surface area contributed by atoms with Crippen molar-refractivity contribution in [1.82, 2.24) is 9.97 Å². The maximum atomic E-state index is 12.6. The van der Waals surface area contributed by atoms with Crippen LogP contribution in [-0.4, -0.2) is 26.2 Å². The van der Waals surface area contributed by atoms with Gasteiger partial charge in [-0.25, -0.2) is 0 Å². The molecule has 3 rings (SSSR count). The second kappa shape index (κ2) is 9.24. The number of nitrogens with zero attached hydrogens (tertiary/aromatic N) is 1. The zero-order valence-electron chi connectivity index (χ0n) is 15.0. The van der Waals surface area contributed by atoms with Crippen molar-refractivity contribution in [2.75, 3.05) is 5.32 Å². The SMILES string of the molecule is CCC(Sc1nc(O)c(-c2ccccc2)c(=O)[nH]1)C(=O)Nc1ccc(I)cc1. The summed E-state index contributed by atoms with van der Waals surface area (Å²) in [6.45, 7) is 1.88. The summed E-state index contributed by atoms with van der Waals surface area (Å²) in [4.78, 5) is 31.8. The molecule has 144 valence electrons. The highest BCUT2D eigenvalue weighted by Crippen LogP contribution is 2.28. The molecule has 6 nitrogen and oxygen atoms in total. The summed E-state index contributed by atoms with van der Waals surface area (Å²) in [6.07, 6.45) is 0.534. The zero-order chi connectivity index (χ0) is 20.1. The fourth-order valence-electron chi connectivity index (χ4n) is 2.58. The molecule has 3 N–H and O–H groups in total. The molecule has 1 aromatic heterocycles. The van der Waals surface area contributed by atoms with Gasteiger partial charge in [0.05, 0.1) is 5.25 Å². The molecule has 0 radical (unpaired) electrons. The Labute approximate surface area is 179 Å². The minimum atomic E-state index is -0.468. The van der Waals surface area contributed by atoms with E-state index in [2.05, 4.69) is 37.9 Å². The summed E-state index contributed by atoms with van der Waals surface area (Å²) in [5.74, 6) is -0.548. The number of aromatic amines is 1. The summed E-state index contributed by atoms with van der Waals surface area (Å²) < 4.78 is 1.08. The maximum absolute atomic E-state index is 12.6. The number of anilines is 1. The van der Waals surface area contributed by atoms with Crippen LogP contribution in [0.4, 0.5) is 5.69 Å². The zero-order valence-corrected chi connectivity index (χ0v) is 18.0. The third-order valence-electron chi connectivity index (χ3n) is 3.97. The third-order valence-corrected chi connectivity index (χ3v) is 5.94. The topological polar surface area (TPSA) is 95.1 Å². The monoisotopic (exact) mass is 507 g/mol. The van der Waals surface area contributed by atoms with Crippen LogP contribution in [0.25, 0.3) is 11.1 Å². The van der Waals surface area contributed by atoms with Crippen molar-refractivity contribution in [3.05, 3.63) is 68.5 Å². The molecule has 2 aromatic carbocycles. The number of aromatic hydroxyl groups is 1. The predicted molar refractivity (Wildman–Crippen MR) is 120 cm³/mol. The number of carbonyl (C=O) groups is 1. The Balaban J connectivity index is 1.78. The van der Waals surface area contributed by atoms with E-state index in [0.717, 1.165) is 15.3 Å². The third kappa shape index (κ3) is 4.93. The summed E-state index contributed by atoms with van der Waals surface area (Å²) in [5, 5.41) is 12.9. The van der Waals surface area contributed by atoms with E-state index in [-0.39, 0.29) is 22.5 Å². The van der Waals surface area contributed by atoms with Gasteiger partial charge in [-0.1, -0.05) is 49.0 Å². The number of hydrogen-bond donors (Lipinski definition) is 3. The van der Waals surface area contributed by atoms with Crippen molar-refractivity contribution >= 4 is 45.9 Å². The Hall–Kier alpha value is -2.33. The molecule has 1 amide bonds. The van der Waals surface area contributed by atoms with Crippen LogP contribution in [0.5, 0.6) is 5.88 Å². The van der Waals surface area contributed by atoms with Crippen LogP contribution in [0.2, 0.25) is 0 Å². The molecule has 0 aliphatic heterocycles. The number of benzene rings is 2. The summed E-state index contributed by atoms with van der Waals surface area (Å²) >= 11 is 3.31. The Kier molecular flexibility index (Phi) is 6.74. The van der Waals surface area contributed by atoms with E-state index in [4.69, 9.17) is 0 Å². The average molecular weight is 507 g/mol. The van der Waals surface area contributed by atoms with E-state index >= 15 is 0 Å². The van der Waals surface area contributed by atoms with E-state index in [1.54, 1.807) is 24.3 Å². The number of rotatable bonds is 6. The van der Waals surface area contributed by atoms with E-state index in [1.807, 2.05) is 37.3 Å². The molecular weight excluding hydrogens is 489 g/mol. The standard InChI is InChI=1S/C20H18IN3O3S/c1-2-15(17(25)22-14-10-8-13(21)9-11-14)28-20-23-18(26)16(19(27)24-20)12-6-4-3-5-7-12/h3-11,15H,2H2,1H3,(H,22,25)(H2,23,24,26,27). The highest BCUT2D eigenvalue weighted by Gasteiger charge is 2.21. The van der Waals surface area contributed by atoms with Crippen LogP contribution >= 0.6 is 34.4 Å². The second-order valence-electron chi connectivity index (χ2n) is 5.95. The number of thioether (sulfide) groups is 1. The van der Waals surface area contributed by atoms with Gasteiger partial charge in [-0.05, 0) is 58.8 Å². The van der Waals surface area contributed by atoms with Gasteiger partial charge in [-0.15, -0.1) is 0 Å². The van der Waals surface area contributed by atoms with Gasteiger partial charge in [-0.3, -0.25) is 9.59 Å². The molecule has 0 saturated heterocycles. The van der Waals surface area contributed by atoms with Gasteiger partial charge in [0.2, 0.25) is 11.8 Å². The lowest BCUT2D eigenvalue weighted by atomic mass is 10.1. The lowest BCUT2D eigenvalue weighted by Gasteiger charge is -2.14. The van der Waals surface area contributed by atoms with Crippen LogP contribution in [0, 0.1) is 3.57 Å². The smallest absolute Gasteiger partial charge is 0.263 e. The van der Waals surface area contributed by atoms with Gasteiger partial charge in [0.15, 0.2) is 5.16 Å². The lowest BCUT2D eigenvalue weighted by Crippen LogP contribution is -2.25. The Morgan fingerprint density at radius 1 is 1.21 bits per heavy atom. The van der Waals surface area contributed by atoms with Crippen molar-refractivity contribution in [2.24, 2.45) is 0 Å². The van der Waals surface area contributed by atoms with Gasteiger partial charge in [0.25, 0.3) is 5.56 Å². The van der Waals surface area contributed by atoms with Crippen LogP contribution in [0.15, 0.2) is 64.5 Å². The minimum absolute atomic E-state index is 0.112. The fourth-order valence-corrected chi connectivity index (χ4v) is 3.83. The predicted octanol–water partition coefficient (Wildman–Crippen LogP) is 4.26. The first-order valence-electron chi connectivity index (χ1n) is 8.59. The van der Waals surface area contributed by atoms with Crippen LogP contribution < -0.4 is 10.9 Å². The largest absolute Gasteiger partial charge is 0.493 e. The van der Waals surface area contributed by atoms with Crippen molar-refractivity contribution in [1.29, 1.82) is 0 Å². The quantitative estimate of drug-likeness (QED) is 0.264. The molecule has 1 atom stereocenters. The van der Waals surface area contributed by atoms with Crippen molar-refractivity contribution < 1.29 is 9.90 Å². The fraction of sp³-hybridized carbons (Fsp3) is 0.150. The average Bonchev–Trinajstić information content (AvgIpc) is 2.68. The molecule has 0 bridgehead atoms. The van der Waals surface area contributed by atoms with Crippen molar-refractivity contribution in [3.63, 3.8) is 0 Å². The molecule has 28 heavy (non-hydrogen) atoms. The maximum Gasteiger partial charge on any atom is 0.263 e. The number of carbonyl (C=O) groups excluding carboxylic acids is 1. The molecule has 0 fully saturated rings. The Bertz CT molecular complexity index is 1020. The van der Waals surface area contributed by atoms with Crippen molar-refractivity contribution in [3.8, 4) is 17.0 Å². The van der Waals surface area contributed by atoms with Gasteiger partial charge >= 0.3 is 0 Å². The van der Waals surface area contributed by atoms with Crippen LogP contribution in [0.3, 0.4) is 0 Å². The number of nitrogens with one attached hydrogen (secondary N) is 2. The molecule has 1 unspecified atom stereocenters. The van der Waals surface area contributed by atoms with Crippen LogP contribution in [-0.2, 0) is 4.79 Å². The van der Waals surface area contributed by atoms with E-state index in [9.17, 15) is 14.7 Å². The molecular formula is C20H18IN3O3S. The molecule has 0 aliphatic rings. The molecule has 1 heterocycles. The summed E-state index contributed by atoms with van der Waals surface area (Å²) in [7, 11) is 0. The number of aromatic nitrogens is 2. The first kappa shape index (κ1) is 20.4. The molecule has 0 saturated carbocycles. The Morgan fingerprint density at radius 3 is 2.50 bits per heavy atom. The highest BCUT2D eigenvalue weighted by atomic mass is 127. The number of halogens is 1. The van der Waals surface area contributed by atoms with Gasteiger partial charge < -0.3 is 15.4 Å². The number of hydrogen-bond acceptors (Lipinski definition) is 5. The number of amides is 1. The number of H-pyrrole nitrogens is 1. The lowest BCUT2D eigenvalue weighted by molar-refractivity contribution is -0.115. The summed E-state index contributed by atoms with van der Waals surface area (Å²) in [6, 6.07) is 16.3. The highest BCUT2D eigenvalue weighted by molar-refractivity contribution is 14.1. The van der Waals surface area contributed by atoms with Crippen LogP contribution in [0.1, 0.15) is 13.3 Å². The Morgan fingerprint density at radius 2 is 1.89 bits per heavy atom.